The summed E-state index contributed by atoms with van der Waals surface area (Å²) in [6.45, 7) is 3.98. The van der Waals surface area contributed by atoms with Gasteiger partial charge in [0.15, 0.2) is 0 Å². The van der Waals surface area contributed by atoms with Gasteiger partial charge in [-0.15, -0.1) is 0 Å². The van der Waals surface area contributed by atoms with Gasteiger partial charge in [0.05, 0.1) is 6.04 Å². The molecule has 2 aliphatic rings. The number of nitrogens with one attached hydrogen (secondary N) is 2. The summed E-state index contributed by atoms with van der Waals surface area (Å²) in [6.07, 6.45) is 8.92. The molecule has 28 heavy (non-hydrogen) atoms. The summed E-state index contributed by atoms with van der Waals surface area (Å²) in [6, 6.07) is 6.37. The van der Waals surface area contributed by atoms with Crippen LogP contribution >= 0.6 is 0 Å². The first-order valence-electron chi connectivity index (χ1n) is 10.2. The molecule has 1 saturated carbocycles. The molecule has 2 N–H and O–H groups in total. The van der Waals surface area contributed by atoms with Crippen molar-refractivity contribution in [3.63, 3.8) is 0 Å². The molecule has 2 aromatic rings. The molecule has 5 heteroatoms. The van der Waals surface area contributed by atoms with E-state index in [4.69, 9.17) is 0 Å². The lowest BCUT2D eigenvalue weighted by molar-refractivity contribution is 0.535. The molecule has 1 fully saturated rings. The second-order valence-electron chi connectivity index (χ2n) is 8.05. The highest BCUT2D eigenvalue weighted by Crippen LogP contribution is 2.34. The Bertz CT molecular complexity index is 889. The highest BCUT2D eigenvalue weighted by Gasteiger charge is 2.23. The fourth-order valence-electron chi connectivity index (χ4n) is 3.81. The van der Waals surface area contributed by atoms with Crippen LogP contribution in [0.5, 0.6) is 0 Å². The van der Waals surface area contributed by atoms with E-state index in [0.717, 1.165) is 30.7 Å². The molecular weight excluding hydrogens is 356 g/mol. The molecule has 0 saturated heterocycles. The molecule has 4 rings (SSSR count). The van der Waals surface area contributed by atoms with Crippen molar-refractivity contribution in [2.45, 2.75) is 58.0 Å². The smallest absolute Gasteiger partial charge is 0.131 e. The third-order valence-corrected chi connectivity index (χ3v) is 5.73. The van der Waals surface area contributed by atoms with Gasteiger partial charge >= 0.3 is 0 Å². The van der Waals surface area contributed by atoms with Crippen molar-refractivity contribution in [3.05, 3.63) is 65.3 Å². The molecule has 2 atom stereocenters. The van der Waals surface area contributed by atoms with E-state index in [1.165, 1.54) is 25.0 Å². The average molecular weight is 383 g/mol. The number of benzene rings is 1. The van der Waals surface area contributed by atoms with Crippen LogP contribution in [0.3, 0.4) is 0 Å². The predicted molar refractivity (Wildman–Crippen MR) is 107 cm³/mol. The number of rotatable bonds is 7. The largest absolute Gasteiger partial charge is 0.386 e. The summed E-state index contributed by atoms with van der Waals surface area (Å²) in [5.41, 5.74) is 3.30. The van der Waals surface area contributed by atoms with Crippen LogP contribution in [0.1, 0.15) is 56.8 Å². The van der Waals surface area contributed by atoms with Gasteiger partial charge in [0.1, 0.15) is 11.6 Å². The van der Waals surface area contributed by atoms with Crippen LogP contribution in [0.4, 0.5) is 8.78 Å². The number of hydrogen-bond donors (Lipinski definition) is 2. The quantitative estimate of drug-likeness (QED) is 0.686. The standard InChI is InChI=1S/C23H27F2N3/c1-3-17-10-19(13-27-17)28-14(2)20-11-23(25)21(12-22(20)24)16-6-7-26-18(9-16)8-15-4-5-15/h6-7,9,11-15,17,27-28H,3-5,8,10H2,1-2H3/t14?,17-/m0/s1. The minimum absolute atomic E-state index is 0.292. The second kappa shape index (κ2) is 7.90. The molecule has 1 aliphatic heterocycles. The third kappa shape index (κ3) is 4.18. The minimum atomic E-state index is -0.404. The number of halogens is 2. The van der Waals surface area contributed by atoms with Crippen molar-refractivity contribution in [3.8, 4) is 11.1 Å². The highest BCUT2D eigenvalue weighted by molar-refractivity contribution is 5.65. The Morgan fingerprint density at radius 1 is 1.21 bits per heavy atom. The topological polar surface area (TPSA) is 37.0 Å². The van der Waals surface area contributed by atoms with Crippen LogP contribution in [0.15, 0.2) is 42.4 Å². The van der Waals surface area contributed by atoms with E-state index >= 15 is 0 Å². The maximum Gasteiger partial charge on any atom is 0.131 e. The molecule has 1 aromatic carbocycles. The number of hydrogen-bond acceptors (Lipinski definition) is 3. The Morgan fingerprint density at radius 2 is 2.04 bits per heavy atom. The van der Waals surface area contributed by atoms with Crippen LogP contribution in [-0.4, -0.2) is 11.0 Å². The highest BCUT2D eigenvalue weighted by atomic mass is 19.1. The molecule has 1 aliphatic carbocycles. The number of aromatic nitrogens is 1. The first kappa shape index (κ1) is 18.9. The summed E-state index contributed by atoms with van der Waals surface area (Å²) in [5, 5.41) is 6.60. The van der Waals surface area contributed by atoms with Crippen LogP contribution in [0.2, 0.25) is 0 Å². The van der Waals surface area contributed by atoms with Gasteiger partial charge in [-0.3, -0.25) is 4.98 Å². The summed E-state index contributed by atoms with van der Waals surface area (Å²) in [7, 11) is 0. The van der Waals surface area contributed by atoms with E-state index in [9.17, 15) is 8.78 Å². The Hall–Kier alpha value is -2.43. The van der Waals surface area contributed by atoms with E-state index in [0.29, 0.717) is 28.7 Å². The van der Waals surface area contributed by atoms with Gasteiger partial charge in [-0.1, -0.05) is 6.92 Å². The van der Waals surface area contributed by atoms with Gasteiger partial charge in [0, 0.05) is 47.4 Å². The first-order valence-corrected chi connectivity index (χ1v) is 10.2. The van der Waals surface area contributed by atoms with Gasteiger partial charge in [-0.25, -0.2) is 8.78 Å². The van der Waals surface area contributed by atoms with Gasteiger partial charge in [-0.2, -0.15) is 0 Å². The molecule has 1 unspecified atom stereocenters. The lowest BCUT2D eigenvalue weighted by Gasteiger charge is -2.18. The molecule has 2 heterocycles. The van der Waals surface area contributed by atoms with E-state index in [1.807, 2.05) is 19.2 Å². The van der Waals surface area contributed by atoms with E-state index in [-0.39, 0.29) is 6.04 Å². The van der Waals surface area contributed by atoms with Crippen molar-refractivity contribution in [1.29, 1.82) is 0 Å². The normalized spacial score (nSPS) is 19.9. The monoisotopic (exact) mass is 383 g/mol. The molecule has 0 radical (unpaired) electrons. The molecule has 148 valence electrons. The fraction of sp³-hybridized carbons (Fsp3) is 0.435. The molecule has 1 aromatic heterocycles. The van der Waals surface area contributed by atoms with Crippen molar-refractivity contribution in [2.75, 3.05) is 0 Å². The first-order chi connectivity index (χ1) is 13.5. The summed E-state index contributed by atoms with van der Waals surface area (Å²) < 4.78 is 29.7. The number of pyridine rings is 1. The lowest BCUT2D eigenvalue weighted by atomic mass is 9.99. The Labute approximate surface area is 165 Å². The predicted octanol–water partition coefficient (Wildman–Crippen LogP) is 5.24. The Balaban J connectivity index is 1.53. The van der Waals surface area contributed by atoms with Gasteiger partial charge in [-0.05, 0) is 68.4 Å². The zero-order valence-corrected chi connectivity index (χ0v) is 16.4. The van der Waals surface area contributed by atoms with Crippen LogP contribution in [0, 0.1) is 17.6 Å². The summed E-state index contributed by atoms with van der Waals surface area (Å²) in [5.74, 6) is -0.0977. The zero-order valence-electron chi connectivity index (χ0n) is 16.4. The second-order valence-corrected chi connectivity index (χ2v) is 8.05. The van der Waals surface area contributed by atoms with Crippen LogP contribution < -0.4 is 10.6 Å². The maximum atomic E-state index is 14.9. The molecular formula is C23H27F2N3. The maximum absolute atomic E-state index is 14.9. The van der Waals surface area contributed by atoms with Crippen LogP contribution in [0.25, 0.3) is 11.1 Å². The zero-order chi connectivity index (χ0) is 19.7. The summed E-state index contributed by atoms with van der Waals surface area (Å²) in [4.78, 5) is 4.38. The van der Waals surface area contributed by atoms with Crippen molar-refractivity contribution >= 4 is 0 Å². The molecule has 0 bridgehead atoms. The summed E-state index contributed by atoms with van der Waals surface area (Å²) >= 11 is 0. The van der Waals surface area contributed by atoms with Crippen molar-refractivity contribution in [1.82, 2.24) is 15.6 Å². The molecule has 3 nitrogen and oxygen atoms in total. The fourth-order valence-corrected chi connectivity index (χ4v) is 3.81. The lowest BCUT2D eigenvalue weighted by Crippen LogP contribution is -2.20. The van der Waals surface area contributed by atoms with Crippen molar-refractivity contribution in [2.24, 2.45) is 5.92 Å². The van der Waals surface area contributed by atoms with E-state index in [2.05, 4.69) is 22.5 Å². The molecule has 0 spiro atoms. The Kier molecular flexibility index (Phi) is 5.33. The Morgan fingerprint density at radius 3 is 2.75 bits per heavy atom. The average Bonchev–Trinajstić information content (AvgIpc) is 3.38. The minimum Gasteiger partial charge on any atom is -0.386 e. The van der Waals surface area contributed by atoms with E-state index in [1.54, 1.807) is 12.3 Å². The van der Waals surface area contributed by atoms with E-state index < -0.39 is 11.6 Å². The van der Waals surface area contributed by atoms with Gasteiger partial charge in [0.25, 0.3) is 0 Å². The van der Waals surface area contributed by atoms with Crippen LogP contribution in [-0.2, 0) is 6.42 Å². The molecule has 0 amide bonds. The van der Waals surface area contributed by atoms with Gasteiger partial charge in [0.2, 0.25) is 0 Å². The van der Waals surface area contributed by atoms with Gasteiger partial charge < -0.3 is 10.6 Å². The number of nitrogens with zero attached hydrogens (tertiary/aromatic N) is 1. The van der Waals surface area contributed by atoms with Crippen molar-refractivity contribution < 1.29 is 8.78 Å². The SMILES string of the molecule is CC[C@H]1CC(NC(C)c2cc(F)c(-c3ccnc(CC4CC4)c3)cc2F)=CN1. The third-order valence-electron chi connectivity index (χ3n) is 5.73.